The molecule has 0 spiro atoms. The van der Waals surface area contributed by atoms with Gasteiger partial charge in [-0.25, -0.2) is 4.39 Å². The third-order valence-corrected chi connectivity index (χ3v) is 4.78. The minimum absolute atomic E-state index is 0.157. The van der Waals surface area contributed by atoms with E-state index >= 15 is 0 Å². The molecule has 2 rings (SSSR count). The number of thiophene rings is 1. The Morgan fingerprint density at radius 3 is 2.75 bits per heavy atom. The fourth-order valence-electron chi connectivity index (χ4n) is 2.22. The molecule has 0 aliphatic carbocycles. The SMILES string of the molecule is CCCNC(Cc1cccc(F)c1)Cc1ccc(Br)s1. The summed E-state index contributed by atoms with van der Waals surface area (Å²) in [5.74, 6) is -0.157. The predicted octanol–water partition coefficient (Wildman–Crippen LogP) is 4.80. The van der Waals surface area contributed by atoms with E-state index < -0.39 is 0 Å². The van der Waals surface area contributed by atoms with Gasteiger partial charge in [-0.3, -0.25) is 0 Å². The van der Waals surface area contributed by atoms with Crippen LogP contribution in [0.4, 0.5) is 4.39 Å². The molecule has 1 aromatic carbocycles. The zero-order valence-corrected chi connectivity index (χ0v) is 13.9. The molecule has 1 N–H and O–H groups in total. The highest BCUT2D eigenvalue weighted by Gasteiger charge is 2.11. The quantitative estimate of drug-likeness (QED) is 0.751. The normalized spacial score (nSPS) is 12.6. The van der Waals surface area contributed by atoms with E-state index in [4.69, 9.17) is 0 Å². The smallest absolute Gasteiger partial charge is 0.123 e. The second-order valence-corrected chi connectivity index (χ2v) is 7.44. The number of halogens is 2. The molecule has 0 radical (unpaired) electrons. The molecule has 0 bridgehead atoms. The van der Waals surface area contributed by atoms with Crippen LogP contribution in [0.1, 0.15) is 23.8 Å². The van der Waals surface area contributed by atoms with Gasteiger partial charge in [-0.15, -0.1) is 11.3 Å². The molecule has 0 aliphatic heterocycles. The van der Waals surface area contributed by atoms with E-state index in [1.54, 1.807) is 23.5 Å². The molecule has 1 atom stereocenters. The minimum Gasteiger partial charge on any atom is -0.313 e. The first kappa shape index (κ1) is 15.7. The van der Waals surface area contributed by atoms with E-state index in [1.807, 2.05) is 6.07 Å². The van der Waals surface area contributed by atoms with Crippen LogP contribution < -0.4 is 5.32 Å². The third kappa shape index (κ3) is 5.00. The maximum absolute atomic E-state index is 13.3. The summed E-state index contributed by atoms with van der Waals surface area (Å²) in [7, 11) is 0. The average Bonchev–Trinajstić information content (AvgIpc) is 2.81. The molecule has 4 heteroatoms. The first-order valence-corrected chi connectivity index (χ1v) is 8.50. The molecule has 1 aromatic heterocycles. The maximum atomic E-state index is 13.3. The van der Waals surface area contributed by atoms with Gasteiger partial charge in [-0.1, -0.05) is 19.1 Å². The molecule has 2 aromatic rings. The van der Waals surface area contributed by atoms with Crippen molar-refractivity contribution in [2.24, 2.45) is 0 Å². The van der Waals surface area contributed by atoms with E-state index in [0.29, 0.717) is 6.04 Å². The van der Waals surface area contributed by atoms with Crippen molar-refractivity contribution in [3.05, 3.63) is 56.4 Å². The summed E-state index contributed by atoms with van der Waals surface area (Å²) in [4.78, 5) is 1.35. The van der Waals surface area contributed by atoms with Gasteiger partial charge in [0.2, 0.25) is 0 Å². The molecule has 0 saturated carbocycles. The van der Waals surface area contributed by atoms with Crippen LogP contribution >= 0.6 is 27.3 Å². The van der Waals surface area contributed by atoms with E-state index in [0.717, 1.165) is 35.2 Å². The molecular weight excluding hydrogens is 337 g/mol. The Morgan fingerprint density at radius 2 is 2.10 bits per heavy atom. The number of rotatable bonds is 7. The Bertz CT molecular complexity index is 541. The van der Waals surface area contributed by atoms with Gasteiger partial charge in [0.15, 0.2) is 0 Å². The lowest BCUT2D eigenvalue weighted by molar-refractivity contribution is 0.506. The topological polar surface area (TPSA) is 12.0 Å². The van der Waals surface area contributed by atoms with Crippen LogP contribution in [0.15, 0.2) is 40.2 Å². The predicted molar refractivity (Wildman–Crippen MR) is 87.9 cm³/mol. The molecule has 108 valence electrons. The standard InChI is InChI=1S/C16H19BrFNS/c1-2-8-19-14(11-15-6-7-16(17)20-15)10-12-4-3-5-13(18)9-12/h3-7,9,14,19H,2,8,10-11H2,1H3. The van der Waals surface area contributed by atoms with Crippen LogP contribution in [-0.4, -0.2) is 12.6 Å². The van der Waals surface area contributed by atoms with Crippen LogP contribution in [0.5, 0.6) is 0 Å². The maximum Gasteiger partial charge on any atom is 0.123 e. The second-order valence-electron chi connectivity index (χ2n) is 4.90. The molecule has 0 saturated heterocycles. The van der Waals surface area contributed by atoms with E-state index in [1.165, 1.54) is 10.9 Å². The first-order chi connectivity index (χ1) is 9.67. The molecule has 1 unspecified atom stereocenters. The number of benzene rings is 1. The van der Waals surface area contributed by atoms with Crippen molar-refractivity contribution in [3.63, 3.8) is 0 Å². The van der Waals surface area contributed by atoms with Gasteiger partial charge in [0, 0.05) is 10.9 Å². The summed E-state index contributed by atoms with van der Waals surface area (Å²) in [6.45, 7) is 3.15. The Labute approximate surface area is 132 Å². The lowest BCUT2D eigenvalue weighted by Crippen LogP contribution is -2.33. The number of hydrogen-bond donors (Lipinski definition) is 1. The van der Waals surface area contributed by atoms with E-state index in [-0.39, 0.29) is 5.82 Å². The van der Waals surface area contributed by atoms with Gasteiger partial charge < -0.3 is 5.32 Å². The Hall–Kier alpha value is -0.710. The highest BCUT2D eigenvalue weighted by molar-refractivity contribution is 9.11. The van der Waals surface area contributed by atoms with Gasteiger partial charge in [0.05, 0.1) is 3.79 Å². The van der Waals surface area contributed by atoms with Crippen molar-refractivity contribution in [3.8, 4) is 0 Å². The third-order valence-electron chi connectivity index (χ3n) is 3.13. The second kappa shape index (κ2) is 7.91. The fraction of sp³-hybridized carbons (Fsp3) is 0.375. The van der Waals surface area contributed by atoms with Gasteiger partial charge in [-0.2, -0.15) is 0 Å². The molecular formula is C16H19BrFNS. The van der Waals surface area contributed by atoms with Crippen LogP contribution in [0.25, 0.3) is 0 Å². The van der Waals surface area contributed by atoms with Gasteiger partial charge in [0.25, 0.3) is 0 Å². The van der Waals surface area contributed by atoms with Gasteiger partial charge in [0.1, 0.15) is 5.82 Å². The lowest BCUT2D eigenvalue weighted by Gasteiger charge is -2.18. The molecule has 20 heavy (non-hydrogen) atoms. The molecule has 1 heterocycles. The van der Waals surface area contributed by atoms with Gasteiger partial charge >= 0.3 is 0 Å². The zero-order valence-electron chi connectivity index (χ0n) is 11.5. The van der Waals surface area contributed by atoms with Crippen molar-refractivity contribution < 1.29 is 4.39 Å². The van der Waals surface area contributed by atoms with Crippen molar-refractivity contribution in [2.45, 2.75) is 32.2 Å². The minimum atomic E-state index is -0.157. The largest absolute Gasteiger partial charge is 0.313 e. The summed E-state index contributed by atoms with van der Waals surface area (Å²) in [5, 5.41) is 3.56. The van der Waals surface area contributed by atoms with E-state index in [2.05, 4.69) is 40.3 Å². The molecule has 1 nitrogen and oxygen atoms in total. The highest BCUT2D eigenvalue weighted by atomic mass is 79.9. The van der Waals surface area contributed by atoms with Crippen LogP contribution in [0.2, 0.25) is 0 Å². The fourth-order valence-corrected chi connectivity index (χ4v) is 3.78. The average molecular weight is 356 g/mol. The number of hydrogen-bond acceptors (Lipinski definition) is 2. The van der Waals surface area contributed by atoms with Gasteiger partial charge in [-0.05, 0) is 71.6 Å². The molecule has 0 amide bonds. The van der Waals surface area contributed by atoms with Crippen LogP contribution in [0, 0.1) is 5.82 Å². The Morgan fingerprint density at radius 1 is 1.25 bits per heavy atom. The van der Waals surface area contributed by atoms with Crippen LogP contribution in [-0.2, 0) is 12.8 Å². The Kier molecular flexibility index (Phi) is 6.20. The van der Waals surface area contributed by atoms with E-state index in [9.17, 15) is 4.39 Å². The monoisotopic (exact) mass is 355 g/mol. The summed E-state index contributed by atoms with van der Waals surface area (Å²) in [6, 6.07) is 11.5. The first-order valence-electron chi connectivity index (χ1n) is 6.89. The highest BCUT2D eigenvalue weighted by Crippen LogP contribution is 2.23. The summed E-state index contributed by atoms with van der Waals surface area (Å²) >= 11 is 5.27. The molecule has 0 fully saturated rings. The summed E-state index contributed by atoms with van der Waals surface area (Å²) in [5.41, 5.74) is 1.05. The Balaban J connectivity index is 2.02. The van der Waals surface area contributed by atoms with Crippen molar-refractivity contribution in [1.29, 1.82) is 0 Å². The lowest BCUT2D eigenvalue weighted by atomic mass is 10.0. The van der Waals surface area contributed by atoms with Crippen molar-refractivity contribution >= 4 is 27.3 Å². The zero-order chi connectivity index (χ0) is 14.4. The van der Waals surface area contributed by atoms with Crippen molar-refractivity contribution in [1.82, 2.24) is 5.32 Å². The molecule has 0 aliphatic rings. The van der Waals surface area contributed by atoms with Crippen molar-refractivity contribution in [2.75, 3.05) is 6.54 Å². The number of nitrogens with one attached hydrogen (secondary N) is 1. The summed E-state index contributed by atoms with van der Waals surface area (Å²) in [6.07, 6.45) is 2.94. The van der Waals surface area contributed by atoms with Crippen LogP contribution in [0.3, 0.4) is 0 Å². The summed E-state index contributed by atoms with van der Waals surface area (Å²) < 4.78 is 14.4.